The highest BCUT2D eigenvalue weighted by molar-refractivity contribution is 7.99. The quantitative estimate of drug-likeness (QED) is 0.496. The first-order valence-corrected chi connectivity index (χ1v) is 9.76. The lowest BCUT2D eigenvalue weighted by Crippen LogP contribution is -2.13. The molecule has 9 heteroatoms. The van der Waals surface area contributed by atoms with Crippen LogP contribution in [0.2, 0.25) is 0 Å². The predicted octanol–water partition coefficient (Wildman–Crippen LogP) is 4.52. The molecule has 2 heterocycles. The van der Waals surface area contributed by atoms with Gasteiger partial charge in [0, 0.05) is 11.3 Å². The molecular formula is C18H13FN4O2S2. The van der Waals surface area contributed by atoms with Gasteiger partial charge in [-0.25, -0.2) is 9.37 Å². The van der Waals surface area contributed by atoms with E-state index < -0.39 is 0 Å². The number of halogens is 1. The summed E-state index contributed by atoms with van der Waals surface area (Å²) in [7, 11) is 0. The summed E-state index contributed by atoms with van der Waals surface area (Å²) in [5.41, 5.74) is 2.26. The summed E-state index contributed by atoms with van der Waals surface area (Å²) in [6.07, 6.45) is 0. The number of benzene rings is 2. The van der Waals surface area contributed by atoms with Crippen molar-refractivity contribution in [2.75, 3.05) is 11.1 Å². The number of thioether (sulfide) groups is 1. The number of thiazole rings is 1. The molecule has 0 spiro atoms. The van der Waals surface area contributed by atoms with E-state index in [2.05, 4.69) is 20.5 Å². The molecule has 4 aromatic rings. The lowest BCUT2D eigenvalue weighted by atomic mass is 10.2. The summed E-state index contributed by atoms with van der Waals surface area (Å²) < 4.78 is 19.5. The molecule has 4 rings (SSSR count). The van der Waals surface area contributed by atoms with Crippen molar-refractivity contribution in [3.05, 3.63) is 53.3 Å². The lowest BCUT2D eigenvalue weighted by Gasteiger charge is -2.03. The number of rotatable bonds is 5. The Morgan fingerprint density at radius 3 is 2.85 bits per heavy atom. The van der Waals surface area contributed by atoms with Crippen molar-refractivity contribution < 1.29 is 13.6 Å². The van der Waals surface area contributed by atoms with Gasteiger partial charge < -0.3 is 9.73 Å². The normalized spacial score (nSPS) is 11.0. The molecule has 1 N–H and O–H groups in total. The van der Waals surface area contributed by atoms with Crippen molar-refractivity contribution in [3.8, 4) is 11.5 Å². The Balaban J connectivity index is 1.36. The van der Waals surface area contributed by atoms with E-state index in [-0.39, 0.29) is 28.6 Å². The minimum Gasteiger partial charge on any atom is -0.411 e. The number of aryl methyl sites for hydroxylation is 1. The predicted molar refractivity (Wildman–Crippen MR) is 103 cm³/mol. The largest absolute Gasteiger partial charge is 0.411 e. The van der Waals surface area contributed by atoms with Gasteiger partial charge in [-0.1, -0.05) is 11.8 Å². The topological polar surface area (TPSA) is 80.9 Å². The van der Waals surface area contributed by atoms with Crippen LogP contribution in [0.5, 0.6) is 0 Å². The Bertz CT molecular complexity index is 1110. The number of carbonyl (C=O) groups excluding carboxylic acids is 1. The fourth-order valence-corrected chi connectivity index (χ4v) is 3.85. The van der Waals surface area contributed by atoms with Crippen LogP contribution >= 0.6 is 23.1 Å². The van der Waals surface area contributed by atoms with Crippen LogP contribution in [-0.4, -0.2) is 26.8 Å². The SMILES string of the molecule is Cc1nc2ccc(NC(=O)CSc3nnc(-c4ccc(F)cc4)o3)cc2s1. The third-order valence-electron chi connectivity index (χ3n) is 3.60. The molecule has 0 bridgehead atoms. The van der Waals surface area contributed by atoms with E-state index in [1.165, 1.54) is 12.1 Å². The lowest BCUT2D eigenvalue weighted by molar-refractivity contribution is -0.113. The number of fused-ring (bicyclic) bond motifs is 1. The van der Waals surface area contributed by atoms with Gasteiger partial charge in [0.15, 0.2) is 0 Å². The minimum absolute atomic E-state index is 0.130. The zero-order valence-corrected chi connectivity index (χ0v) is 15.7. The summed E-state index contributed by atoms with van der Waals surface area (Å²) in [6.45, 7) is 1.95. The molecule has 0 saturated carbocycles. The Morgan fingerprint density at radius 2 is 2.04 bits per heavy atom. The van der Waals surface area contributed by atoms with E-state index in [0.717, 1.165) is 27.0 Å². The number of hydrogen-bond donors (Lipinski definition) is 1. The van der Waals surface area contributed by atoms with Gasteiger partial charge in [0.2, 0.25) is 11.8 Å². The molecule has 0 unspecified atom stereocenters. The van der Waals surface area contributed by atoms with E-state index >= 15 is 0 Å². The third-order valence-corrected chi connectivity index (χ3v) is 5.36. The highest BCUT2D eigenvalue weighted by Gasteiger charge is 2.12. The van der Waals surface area contributed by atoms with Crippen molar-refractivity contribution in [2.24, 2.45) is 0 Å². The van der Waals surface area contributed by atoms with Crippen LogP contribution in [0.1, 0.15) is 5.01 Å². The van der Waals surface area contributed by atoms with E-state index in [9.17, 15) is 9.18 Å². The molecular weight excluding hydrogens is 387 g/mol. The second-order valence-corrected chi connectivity index (χ2v) is 7.79. The summed E-state index contributed by atoms with van der Waals surface area (Å²) in [6, 6.07) is 11.4. The van der Waals surface area contributed by atoms with Crippen molar-refractivity contribution in [1.82, 2.24) is 15.2 Å². The molecule has 0 atom stereocenters. The van der Waals surface area contributed by atoms with E-state index in [4.69, 9.17) is 4.42 Å². The molecule has 0 aliphatic carbocycles. The molecule has 6 nitrogen and oxygen atoms in total. The Hall–Kier alpha value is -2.78. The molecule has 2 aromatic carbocycles. The molecule has 2 aromatic heterocycles. The molecule has 0 aliphatic rings. The van der Waals surface area contributed by atoms with Crippen LogP contribution in [0, 0.1) is 12.7 Å². The number of hydrogen-bond acceptors (Lipinski definition) is 7. The van der Waals surface area contributed by atoms with Gasteiger partial charge in [0.25, 0.3) is 5.22 Å². The van der Waals surface area contributed by atoms with Gasteiger partial charge in [-0.15, -0.1) is 21.5 Å². The van der Waals surface area contributed by atoms with Gasteiger partial charge in [-0.05, 0) is 49.4 Å². The second kappa shape index (κ2) is 7.45. The molecule has 136 valence electrons. The summed E-state index contributed by atoms with van der Waals surface area (Å²) in [5, 5.41) is 11.9. The van der Waals surface area contributed by atoms with Crippen LogP contribution in [0.3, 0.4) is 0 Å². The van der Waals surface area contributed by atoms with Crippen molar-refractivity contribution >= 4 is 44.9 Å². The highest BCUT2D eigenvalue weighted by Crippen LogP contribution is 2.26. The molecule has 0 saturated heterocycles. The zero-order valence-electron chi connectivity index (χ0n) is 14.1. The molecule has 1 amide bonds. The molecule has 27 heavy (non-hydrogen) atoms. The zero-order chi connectivity index (χ0) is 18.8. The second-order valence-electron chi connectivity index (χ2n) is 5.63. The summed E-state index contributed by atoms with van der Waals surface area (Å²) >= 11 is 2.72. The van der Waals surface area contributed by atoms with Gasteiger partial charge in [0.05, 0.1) is 21.0 Å². The number of anilines is 1. The Kier molecular flexibility index (Phi) is 4.87. The number of carbonyl (C=O) groups is 1. The van der Waals surface area contributed by atoms with E-state index in [0.29, 0.717) is 11.3 Å². The standard InChI is InChI=1S/C18H13FN4O2S2/c1-10-20-14-7-6-13(8-15(14)27-10)21-16(24)9-26-18-23-22-17(25-18)11-2-4-12(19)5-3-11/h2-8H,9H2,1H3,(H,21,24). The van der Waals surface area contributed by atoms with Crippen molar-refractivity contribution in [2.45, 2.75) is 12.1 Å². The van der Waals surface area contributed by atoms with Crippen molar-refractivity contribution in [3.63, 3.8) is 0 Å². The monoisotopic (exact) mass is 400 g/mol. The smallest absolute Gasteiger partial charge is 0.277 e. The number of nitrogens with one attached hydrogen (secondary N) is 1. The molecule has 0 aliphatic heterocycles. The minimum atomic E-state index is -0.337. The average Bonchev–Trinajstić information content (AvgIpc) is 3.26. The van der Waals surface area contributed by atoms with Crippen LogP contribution < -0.4 is 5.32 Å². The van der Waals surface area contributed by atoms with Gasteiger partial charge in [0.1, 0.15) is 5.82 Å². The van der Waals surface area contributed by atoms with Crippen LogP contribution in [0.25, 0.3) is 21.7 Å². The summed E-state index contributed by atoms with van der Waals surface area (Å²) in [5.74, 6) is -0.104. The van der Waals surface area contributed by atoms with Crippen LogP contribution in [0.4, 0.5) is 10.1 Å². The van der Waals surface area contributed by atoms with Crippen LogP contribution in [-0.2, 0) is 4.79 Å². The average molecular weight is 400 g/mol. The maximum absolute atomic E-state index is 13.0. The maximum Gasteiger partial charge on any atom is 0.277 e. The number of aromatic nitrogens is 3. The van der Waals surface area contributed by atoms with Crippen molar-refractivity contribution in [1.29, 1.82) is 0 Å². The van der Waals surface area contributed by atoms with E-state index in [1.807, 2.05) is 25.1 Å². The first kappa shape index (κ1) is 17.6. The fourth-order valence-electron chi connectivity index (χ4n) is 2.42. The molecule has 0 fully saturated rings. The third kappa shape index (κ3) is 4.15. The van der Waals surface area contributed by atoms with Gasteiger partial charge >= 0.3 is 0 Å². The Morgan fingerprint density at radius 1 is 1.22 bits per heavy atom. The number of amides is 1. The van der Waals surface area contributed by atoms with Crippen LogP contribution in [0.15, 0.2) is 52.1 Å². The molecule has 0 radical (unpaired) electrons. The van der Waals surface area contributed by atoms with Gasteiger partial charge in [-0.3, -0.25) is 4.79 Å². The highest BCUT2D eigenvalue weighted by atomic mass is 32.2. The summed E-state index contributed by atoms with van der Waals surface area (Å²) in [4.78, 5) is 16.6. The first-order chi connectivity index (χ1) is 13.1. The fraction of sp³-hybridized carbons (Fsp3) is 0.111. The first-order valence-electron chi connectivity index (χ1n) is 7.96. The Labute approximate surface area is 161 Å². The maximum atomic E-state index is 13.0. The van der Waals surface area contributed by atoms with E-state index in [1.54, 1.807) is 23.5 Å². The van der Waals surface area contributed by atoms with Gasteiger partial charge in [-0.2, -0.15) is 0 Å². The number of nitrogens with zero attached hydrogens (tertiary/aromatic N) is 3.